The van der Waals surface area contributed by atoms with E-state index in [2.05, 4.69) is 22.9 Å². The molecule has 1 aromatic heterocycles. The summed E-state index contributed by atoms with van der Waals surface area (Å²) in [5.74, 6) is 0.780. The molecule has 1 fully saturated rings. The number of rotatable bonds is 3. The summed E-state index contributed by atoms with van der Waals surface area (Å²) in [5, 5.41) is 0. The summed E-state index contributed by atoms with van der Waals surface area (Å²) in [6.07, 6.45) is 4.28. The van der Waals surface area contributed by atoms with Gasteiger partial charge in [-0.2, -0.15) is 0 Å². The van der Waals surface area contributed by atoms with Gasteiger partial charge in [0.1, 0.15) is 0 Å². The van der Waals surface area contributed by atoms with Gasteiger partial charge in [0.25, 0.3) is 0 Å². The number of pyridine rings is 1. The standard InChI is InChI=1S/C12H18N2O/c1-3-14-9-5-7-11(14)10-6-4-8-13-12(10)15-2/h4,6,8,11H,3,5,7,9H2,1-2H3/t11-/m0/s1. The second-order valence-electron chi connectivity index (χ2n) is 3.89. The van der Waals surface area contributed by atoms with E-state index in [1.165, 1.54) is 24.9 Å². The van der Waals surface area contributed by atoms with Crippen LogP contribution in [0.15, 0.2) is 18.3 Å². The molecule has 3 nitrogen and oxygen atoms in total. The first-order valence-corrected chi connectivity index (χ1v) is 5.59. The van der Waals surface area contributed by atoms with E-state index in [4.69, 9.17) is 4.74 Å². The highest BCUT2D eigenvalue weighted by Gasteiger charge is 2.27. The molecule has 1 saturated heterocycles. The number of hydrogen-bond acceptors (Lipinski definition) is 3. The van der Waals surface area contributed by atoms with Gasteiger partial charge in [0, 0.05) is 17.8 Å². The average molecular weight is 206 g/mol. The minimum absolute atomic E-state index is 0.499. The first-order chi connectivity index (χ1) is 7.36. The van der Waals surface area contributed by atoms with Gasteiger partial charge in [0.2, 0.25) is 5.88 Å². The van der Waals surface area contributed by atoms with Crippen LogP contribution in [0.1, 0.15) is 31.4 Å². The second-order valence-corrected chi connectivity index (χ2v) is 3.89. The van der Waals surface area contributed by atoms with Crippen LogP contribution in [0.3, 0.4) is 0 Å². The third-order valence-electron chi connectivity index (χ3n) is 3.12. The molecule has 0 saturated carbocycles. The predicted molar refractivity (Wildman–Crippen MR) is 60.0 cm³/mol. The Morgan fingerprint density at radius 1 is 1.60 bits per heavy atom. The molecular weight excluding hydrogens is 188 g/mol. The summed E-state index contributed by atoms with van der Waals surface area (Å²) in [6.45, 7) is 4.50. The Labute approximate surface area is 91.1 Å². The van der Waals surface area contributed by atoms with E-state index in [9.17, 15) is 0 Å². The monoisotopic (exact) mass is 206 g/mol. The van der Waals surface area contributed by atoms with Gasteiger partial charge in [-0.1, -0.05) is 13.0 Å². The molecule has 1 aromatic rings. The third-order valence-corrected chi connectivity index (χ3v) is 3.12. The van der Waals surface area contributed by atoms with Crippen molar-refractivity contribution in [2.45, 2.75) is 25.8 Å². The van der Waals surface area contributed by atoms with Crippen LogP contribution in [0.4, 0.5) is 0 Å². The van der Waals surface area contributed by atoms with Crippen molar-refractivity contribution in [3.63, 3.8) is 0 Å². The maximum absolute atomic E-state index is 5.31. The summed E-state index contributed by atoms with van der Waals surface area (Å²) in [6, 6.07) is 4.62. The van der Waals surface area contributed by atoms with Crippen LogP contribution in [0, 0.1) is 0 Å². The molecule has 15 heavy (non-hydrogen) atoms. The molecule has 1 aliphatic heterocycles. The first-order valence-electron chi connectivity index (χ1n) is 5.59. The maximum Gasteiger partial charge on any atom is 0.217 e. The van der Waals surface area contributed by atoms with E-state index in [1.807, 2.05) is 6.07 Å². The van der Waals surface area contributed by atoms with Crippen LogP contribution < -0.4 is 4.74 Å². The zero-order chi connectivity index (χ0) is 10.7. The molecule has 82 valence electrons. The van der Waals surface area contributed by atoms with Crippen LogP contribution >= 0.6 is 0 Å². The normalized spacial score (nSPS) is 21.9. The van der Waals surface area contributed by atoms with Crippen molar-refractivity contribution >= 4 is 0 Å². The zero-order valence-corrected chi connectivity index (χ0v) is 9.44. The van der Waals surface area contributed by atoms with Crippen molar-refractivity contribution in [2.24, 2.45) is 0 Å². The molecular formula is C12H18N2O. The Kier molecular flexibility index (Phi) is 3.21. The average Bonchev–Trinajstić information content (AvgIpc) is 2.76. The maximum atomic E-state index is 5.31. The number of hydrogen-bond donors (Lipinski definition) is 0. The lowest BCUT2D eigenvalue weighted by atomic mass is 10.1. The number of nitrogens with zero attached hydrogens (tertiary/aromatic N) is 2. The minimum Gasteiger partial charge on any atom is -0.481 e. The predicted octanol–water partition coefficient (Wildman–Crippen LogP) is 2.25. The third kappa shape index (κ3) is 1.97. The fourth-order valence-corrected chi connectivity index (χ4v) is 2.38. The molecule has 1 aliphatic rings. The molecule has 0 spiro atoms. The largest absolute Gasteiger partial charge is 0.481 e. The quantitative estimate of drug-likeness (QED) is 0.758. The van der Waals surface area contributed by atoms with E-state index in [0.717, 1.165) is 12.4 Å². The van der Waals surface area contributed by atoms with Gasteiger partial charge in [-0.15, -0.1) is 0 Å². The van der Waals surface area contributed by atoms with Crippen LogP contribution in [-0.4, -0.2) is 30.1 Å². The highest BCUT2D eigenvalue weighted by Crippen LogP contribution is 2.35. The van der Waals surface area contributed by atoms with Gasteiger partial charge < -0.3 is 4.74 Å². The molecule has 0 unspecified atom stereocenters. The Bertz CT molecular complexity index is 327. The number of methoxy groups -OCH3 is 1. The molecule has 0 bridgehead atoms. The lowest BCUT2D eigenvalue weighted by molar-refractivity contribution is 0.262. The lowest BCUT2D eigenvalue weighted by Crippen LogP contribution is -2.23. The van der Waals surface area contributed by atoms with Crippen molar-refractivity contribution in [2.75, 3.05) is 20.2 Å². The molecule has 0 aromatic carbocycles. The van der Waals surface area contributed by atoms with Crippen LogP contribution in [0.25, 0.3) is 0 Å². The lowest BCUT2D eigenvalue weighted by Gasteiger charge is -2.23. The fourth-order valence-electron chi connectivity index (χ4n) is 2.38. The number of likely N-dealkylation sites (tertiary alicyclic amines) is 1. The molecule has 0 aliphatic carbocycles. The Hall–Kier alpha value is -1.09. The van der Waals surface area contributed by atoms with Gasteiger partial charge >= 0.3 is 0 Å². The van der Waals surface area contributed by atoms with E-state index >= 15 is 0 Å². The zero-order valence-electron chi connectivity index (χ0n) is 9.44. The van der Waals surface area contributed by atoms with Gasteiger partial charge in [0.05, 0.1) is 7.11 Å². The Morgan fingerprint density at radius 2 is 2.47 bits per heavy atom. The van der Waals surface area contributed by atoms with Gasteiger partial charge in [-0.3, -0.25) is 4.90 Å². The summed E-state index contributed by atoms with van der Waals surface area (Å²) >= 11 is 0. The summed E-state index contributed by atoms with van der Waals surface area (Å²) in [4.78, 5) is 6.75. The Morgan fingerprint density at radius 3 is 3.20 bits per heavy atom. The van der Waals surface area contributed by atoms with Crippen LogP contribution in [-0.2, 0) is 0 Å². The van der Waals surface area contributed by atoms with Gasteiger partial charge in [-0.25, -0.2) is 4.98 Å². The molecule has 2 heterocycles. The first kappa shape index (κ1) is 10.4. The van der Waals surface area contributed by atoms with Crippen molar-refractivity contribution < 1.29 is 4.74 Å². The summed E-state index contributed by atoms with van der Waals surface area (Å²) in [5.41, 5.74) is 1.24. The summed E-state index contributed by atoms with van der Waals surface area (Å²) < 4.78 is 5.31. The van der Waals surface area contributed by atoms with Gasteiger partial charge in [0.15, 0.2) is 0 Å². The van der Waals surface area contributed by atoms with Crippen molar-refractivity contribution in [1.82, 2.24) is 9.88 Å². The molecule has 2 rings (SSSR count). The fraction of sp³-hybridized carbons (Fsp3) is 0.583. The number of ether oxygens (including phenoxy) is 1. The summed E-state index contributed by atoms with van der Waals surface area (Å²) in [7, 11) is 1.69. The minimum atomic E-state index is 0.499. The molecule has 3 heteroatoms. The van der Waals surface area contributed by atoms with E-state index in [-0.39, 0.29) is 0 Å². The highest BCUT2D eigenvalue weighted by molar-refractivity contribution is 5.29. The van der Waals surface area contributed by atoms with Crippen LogP contribution in [0.2, 0.25) is 0 Å². The number of aromatic nitrogens is 1. The molecule has 0 N–H and O–H groups in total. The van der Waals surface area contributed by atoms with Gasteiger partial charge in [-0.05, 0) is 32.0 Å². The van der Waals surface area contributed by atoms with Crippen molar-refractivity contribution in [3.8, 4) is 5.88 Å². The topological polar surface area (TPSA) is 25.4 Å². The van der Waals surface area contributed by atoms with E-state index in [1.54, 1.807) is 13.3 Å². The van der Waals surface area contributed by atoms with E-state index < -0.39 is 0 Å². The molecule has 1 atom stereocenters. The SMILES string of the molecule is CCN1CCC[C@H]1c1cccnc1OC. The van der Waals surface area contributed by atoms with Crippen molar-refractivity contribution in [3.05, 3.63) is 23.9 Å². The second kappa shape index (κ2) is 4.62. The smallest absolute Gasteiger partial charge is 0.217 e. The Balaban J connectivity index is 2.27. The van der Waals surface area contributed by atoms with Crippen molar-refractivity contribution in [1.29, 1.82) is 0 Å². The molecule has 0 amide bonds. The van der Waals surface area contributed by atoms with E-state index in [0.29, 0.717) is 6.04 Å². The van der Waals surface area contributed by atoms with Crippen LogP contribution in [0.5, 0.6) is 5.88 Å². The highest BCUT2D eigenvalue weighted by atomic mass is 16.5. The molecule has 0 radical (unpaired) electrons.